The molecule has 0 aliphatic carbocycles. The van der Waals surface area contributed by atoms with Gasteiger partial charge in [-0.15, -0.1) is 0 Å². The molecule has 2 atom stereocenters. The molecule has 1 aromatic rings. The standard InChI is InChI=1S/C14H20N4O5/c1-22-12(19)6-11(14(21)23-2)18-4-3-16-10(13(18)20)5-9-7-15-8-17-9/h7-8,10-11,16H,3-6H2,1-2H3,(H,15,17)/t10-,11-/m0/s1. The highest BCUT2D eigenvalue weighted by atomic mass is 16.5. The number of rotatable bonds is 6. The molecule has 1 amide bonds. The van der Waals surface area contributed by atoms with E-state index in [4.69, 9.17) is 4.74 Å². The third-order valence-electron chi connectivity index (χ3n) is 3.74. The van der Waals surface area contributed by atoms with Gasteiger partial charge in [0.1, 0.15) is 6.04 Å². The van der Waals surface area contributed by atoms with Crippen LogP contribution in [-0.2, 0) is 30.3 Å². The number of hydrogen-bond donors (Lipinski definition) is 2. The van der Waals surface area contributed by atoms with Crippen LogP contribution in [-0.4, -0.2) is 72.1 Å². The van der Waals surface area contributed by atoms with E-state index in [0.717, 1.165) is 5.69 Å². The predicted octanol–water partition coefficient (Wildman–Crippen LogP) is -1.14. The maximum atomic E-state index is 12.7. The van der Waals surface area contributed by atoms with Gasteiger partial charge in [-0.25, -0.2) is 9.78 Å². The van der Waals surface area contributed by atoms with Crippen molar-refractivity contribution in [2.75, 3.05) is 27.3 Å². The number of imidazole rings is 1. The molecule has 0 bridgehead atoms. The highest BCUT2D eigenvalue weighted by Gasteiger charge is 2.38. The van der Waals surface area contributed by atoms with E-state index in [9.17, 15) is 14.4 Å². The summed E-state index contributed by atoms with van der Waals surface area (Å²) >= 11 is 0. The minimum absolute atomic E-state index is 0.230. The van der Waals surface area contributed by atoms with E-state index >= 15 is 0 Å². The van der Waals surface area contributed by atoms with E-state index < -0.39 is 24.0 Å². The molecule has 0 saturated carbocycles. The summed E-state index contributed by atoms with van der Waals surface area (Å²) in [6.07, 6.45) is 3.36. The van der Waals surface area contributed by atoms with Crippen LogP contribution in [0.5, 0.6) is 0 Å². The lowest BCUT2D eigenvalue weighted by molar-refractivity contribution is -0.159. The van der Waals surface area contributed by atoms with Gasteiger partial charge in [0.05, 0.1) is 33.0 Å². The van der Waals surface area contributed by atoms with Crippen LogP contribution in [0.1, 0.15) is 12.1 Å². The lowest BCUT2D eigenvalue weighted by atomic mass is 10.0. The third-order valence-corrected chi connectivity index (χ3v) is 3.74. The van der Waals surface area contributed by atoms with E-state index in [1.807, 2.05) is 0 Å². The van der Waals surface area contributed by atoms with E-state index in [1.54, 1.807) is 6.20 Å². The van der Waals surface area contributed by atoms with Crippen molar-refractivity contribution >= 4 is 17.8 Å². The predicted molar refractivity (Wildman–Crippen MR) is 78.2 cm³/mol. The first kappa shape index (κ1) is 16.9. The minimum atomic E-state index is -0.980. The summed E-state index contributed by atoms with van der Waals surface area (Å²) in [5.41, 5.74) is 0.806. The molecular formula is C14H20N4O5. The van der Waals surface area contributed by atoms with Crippen LogP contribution < -0.4 is 5.32 Å². The summed E-state index contributed by atoms with van der Waals surface area (Å²) in [6.45, 7) is 0.828. The van der Waals surface area contributed by atoms with Gasteiger partial charge in [-0.1, -0.05) is 0 Å². The fourth-order valence-electron chi connectivity index (χ4n) is 2.54. The molecular weight excluding hydrogens is 304 g/mol. The van der Waals surface area contributed by atoms with E-state index in [-0.39, 0.29) is 12.3 Å². The van der Waals surface area contributed by atoms with Crippen LogP contribution in [0.4, 0.5) is 0 Å². The lowest BCUT2D eigenvalue weighted by Gasteiger charge is -2.36. The number of carbonyl (C=O) groups is 3. The van der Waals surface area contributed by atoms with Crippen LogP contribution >= 0.6 is 0 Å². The van der Waals surface area contributed by atoms with Crippen molar-refractivity contribution in [1.82, 2.24) is 20.2 Å². The number of esters is 2. The average Bonchev–Trinajstić information content (AvgIpc) is 3.07. The first-order valence-corrected chi connectivity index (χ1v) is 7.22. The number of nitrogens with zero attached hydrogens (tertiary/aromatic N) is 2. The first-order chi connectivity index (χ1) is 11.1. The monoisotopic (exact) mass is 324 g/mol. The normalized spacial score (nSPS) is 19.3. The van der Waals surface area contributed by atoms with E-state index in [2.05, 4.69) is 20.0 Å². The molecule has 1 saturated heterocycles. The van der Waals surface area contributed by atoms with Crippen LogP contribution in [0.15, 0.2) is 12.5 Å². The molecule has 0 unspecified atom stereocenters. The Morgan fingerprint density at radius 1 is 1.43 bits per heavy atom. The summed E-state index contributed by atoms with van der Waals surface area (Å²) in [7, 11) is 2.46. The first-order valence-electron chi connectivity index (χ1n) is 7.22. The molecule has 126 valence electrons. The Hall–Kier alpha value is -2.42. The largest absolute Gasteiger partial charge is 0.469 e. The average molecular weight is 324 g/mol. The third kappa shape index (κ3) is 4.07. The molecule has 1 aliphatic heterocycles. The van der Waals surface area contributed by atoms with Crippen LogP contribution in [0.3, 0.4) is 0 Å². The zero-order valence-corrected chi connectivity index (χ0v) is 13.1. The molecule has 0 aromatic carbocycles. The van der Waals surface area contributed by atoms with Crippen molar-refractivity contribution in [3.63, 3.8) is 0 Å². The summed E-state index contributed by atoms with van der Waals surface area (Å²) in [5.74, 6) is -1.46. The highest BCUT2D eigenvalue weighted by Crippen LogP contribution is 2.14. The number of aromatic nitrogens is 2. The van der Waals surface area contributed by atoms with Gasteiger partial charge in [0.15, 0.2) is 0 Å². The Labute approximate surface area is 133 Å². The number of aromatic amines is 1. The van der Waals surface area contributed by atoms with Gasteiger partial charge in [0.25, 0.3) is 0 Å². The molecule has 2 heterocycles. The second-order valence-electron chi connectivity index (χ2n) is 5.14. The Balaban J connectivity index is 2.12. The molecule has 2 rings (SSSR count). The number of amides is 1. The van der Waals surface area contributed by atoms with Gasteiger partial charge >= 0.3 is 11.9 Å². The number of carbonyl (C=O) groups excluding carboxylic acids is 3. The Morgan fingerprint density at radius 2 is 2.22 bits per heavy atom. The summed E-state index contributed by atoms with van der Waals surface area (Å²) in [4.78, 5) is 44.4. The highest BCUT2D eigenvalue weighted by molar-refractivity contribution is 5.90. The number of nitrogens with one attached hydrogen (secondary N) is 2. The molecule has 0 spiro atoms. The van der Waals surface area contributed by atoms with E-state index in [0.29, 0.717) is 19.5 Å². The van der Waals surface area contributed by atoms with Gasteiger partial charge in [0, 0.05) is 31.4 Å². The maximum absolute atomic E-state index is 12.7. The smallest absolute Gasteiger partial charge is 0.329 e. The minimum Gasteiger partial charge on any atom is -0.469 e. The molecule has 1 aliphatic rings. The quantitative estimate of drug-likeness (QED) is 0.636. The second-order valence-corrected chi connectivity index (χ2v) is 5.14. The SMILES string of the molecule is COC(=O)C[C@@H](C(=O)OC)N1CCN[C@@H](Cc2cnc[nH]2)C1=O. The van der Waals surface area contributed by atoms with Gasteiger partial charge < -0.3 is 24.7 Å². The zero-order chi connectivity index (χ0) is 16.8. The van der Waals surface area contributed by atoms with Crippen molar-refractivity contribution in [3.8, 4) is 0 Å². The summed E-state index contributed by atoms with van der Waals surface area (Å²) < 4.78 is 9.32. The van der Waals surface area contributed by atoms with Crippen molar-refractivity contribution in [1.29, 1.82) is 0 Å². The van der Waals surface area contributed by atoms with Crippen molar-refractivity contribution in [3.05, 3.63) is 18.2 Å². The second kappa shape index (κ2) is 7.73. The van der Waals surface area contributed by atoms with Crippen molar-refractivity contribution < 1.29 is 23.9 Å². The Morgan fingerprint density at radius 3 is 2.83 bits per heavy atom. The molecule has 9 heteroatoms. The summed E-state index contributed by atoms with van der Waals surface area (Å²) in [6, 6.07) is -1.47. The number of hydrogen-bond acceptors (Lipinski definition) is 7. The van der Waals surface area contributed by atoms with Crippen LogP contribution in [0.2, 0.25) is 0 Å². The lowest BCUT2D eigenvalue weighted by Crippen LogP contribution is -2.60. The molecule has 0 radical (unpaired) electrons. The fourth-order valence-corrected chi connectivity index (χ4v) is 2.54. The number of ether oxygens (including phenoxy) is 2. The van der Waals surface area contributed by atoms with Crippen LogP contribution in [0, 0.1) is 0 Å². The van der Waals surface area contributed by atoms with Gasteiger partial charge in [-0.3, -0.25) is 9.59 Å². The molecule has 1 fully saturated rings. The summed E-state index contributed by atoms with van der Waals surface area (Å²) in [5, 5.41) is 3.11. The molecule has 23 heavy (non-hydrogen) atoms. The van der Waals surface area contributed by atoms with Crippen LogP contribution in [0.25, 0.3) is 0 Å². The maximum Gasteiger partial charge on any atom is 0.329 e. The molecule has 2 N–H and O–H groups in total. The van der Waals surface area contributed by atoms with Crippen molar-refractivity contribution in [2.45, 2.75) is 24.9 Å². The molecule has 1 aromatic heterocycles. The van der Waals surface area contributed by atoms with Gasteiger partial charge in [0.2, 0.25) is 5.91 Å². The van der Waals surface area contributed by atoms with Gasteiger partial charge in [-0.05, 0) is 0 Å². The number of piperazine rings is 1. The number of methoxy groups -OCH3 is 2. The topological polar surface area (TPSA) is 114 Å². The van der Waals surface area contributed by atoms with E-state index in [1.165, 1.54) is 25.4 Å². The number of H-pyrrole nitrogens is 1. The Bertz CT molecular complexity index is 560. The zero-order valence-electron chi connectivity index (χ0n) is 13.1. The van der Waals surface area contributed by atoms with Crippen molar-refractivity contribution in [2.24, 2.45) is 0 Å². The molecule has 9 nitrogen and oxygen atoms in total. The van der Waals surface area contributed by atoms with Gasteiger partial charge in [-0.2, -0.15) is 0 Å². The Kier molecular flexibility index (Phi) is 5.69. The fraction of sp³-hybridized carbons (Fsp3) is 0.571.